The summed E-state index contributed by atoms with van der Waals surface area (Å²) >= 11 is 0. The maximum Gasteiger partial charge on any atom is 0.239 e. The van der Waals surface area contributed by atoms with Crippen LogP contribution in [0.3, 0.4) is 0 Å². The van der Waals surface area contributed by atoms with E-state index in [0.717, 1.165) is 6.07 Å². The minimum atomic E-state index is -3.64. The van der Waals surface area contributed by atoms with Crippen LogP contribution >= 0.6 is 0 Å². The molecular weight excluding hydrogens is 299 g/mol. The van der Waals surface area contributed by atoms with Crippen LogP contribution in [-0.2, 0) is 19.4 Å². The normalized spacial score (nSPS) is 22.2. The van der Waals surface area contributed by atoms with Crippen LogP contribution in [0, 0.1) is 5.82 Å². The number of rotatable bonds is 4. The lowest BCUT2D eigenvalue weighted by Crippen LogP contribution is -2.34. The van der Waals surface area contributed by atoms with Gasteiger partial charge in [-0.25, -0.2) is 12.8 Å². The van der Waals surface area contributed by atoms with E-state index in [0.29, 0.717) is 13.0 Å². The summed E-state index contributed by atoms with van der Waals surface area (Å²) in [6, 6.07) is 3.69. The number of hydrogen-bond acceptors (Lipinski definition) is 5. The molecule has 2 rings (SSSR count). The number of nitrogen functional groups attached to an aromatic ring is 1. The van der Waals surface area contributed by atoms with Crippen molar-refractivity contribution in [3.05, 3.63) is 24.0 Å². The third-order valence-corrected chi connectivity index (χ3v) is 5.57. The fourth-order valence-corrected chi connectivity index (χ4v) is 4.07. The molecule has 2 atom stereocenters. The van der Waals surface area contributed by atoms with Crippen LogP contribution in [0.25, 0.3) is 0 Å². The number of benzene rings is 1. The molecule has 1 amide bonds. The zero-order valence-corrected chi connectivity index (χ0v) is 12.3. The van der Waals surface area contributed by atoms with Crippen LogP contribution in [0.5, 0.6) is 0 Å². The van der Waals surface area contributed by atoms with E-state index in [2.05, 4.69) is 5.32 Å². The molecule has 21 heavy (non-hydrogen) atoms. The Kier molecular flexibility index (Phi) is 4.48. The van der Waals surface area contributed by atoms with Gasteiger partial charge in [0.05, 0.1) is 17.0 Å². The van der Waals surface area contributed by atoms with Crippen molar-refractivity contribution in [1.29, 1.82) is 0 Å². The summed E-state index contributed by atoms with van der Waals surface area (Å²) in [6.07, 6.45) is -0.0735. The average Bonchev–Trinajstić information content (AvgIpc) is 2.80. The lowest BCUT2D eigenvalue weighted by atomic mass is 10.2. The summed E-state index contributed by atoms with van der Waals surface area (Å²) in [7, 11) is -3.64. The van der Waals surface area contributed by atoms with Gasteiger partial charge in [0.25, 0.3) is 0 Å². The Bertz CT molecular complexity index is 648. The van der Waals surface area contributed by atoms with E-state index in [-0.39, 0.29) is 11.4 Å². The van der Waals surface area contributed by atoms with Crippen molar-refractivity contribution in [3.8, 4) is 0 Å². The Morgan fingerprint density at radius 3 is 2.86 bits per heavy atom. The number of carbonyl (C=O) groups is 1. The lowest BCUT2D eigenvalue weighted by Gasteiger charge is -2.15. The van der Waals surface area contributed by atoms with Crippen LogP contribution in [0.1, 0.15) is 13.3 Å². The number of carbonyl (C=O) groups excluding carboxylic acids is 1. The van der Waals surface area contributed by atoms with Gasteiger partial charge in [-0.2, -0.15) is 0 Å². The predicted molar refractivity (Wildman–Crippen MR) is 77.0 cm³/mol. The van der Waals surface area contributed by atoms with Gasteiger partial charge in [0, 0.05) is 12.3 Å². The first-order valence-corrected chi connectivity index (χ1v) is 8.19. The van der Waals surface area contributed by atoms with E-state index < -0.39 is 38.7 Å². The third-order valence-electron chi connectivity index (χ3n) is 3.36. The molecule has 0 aromatic heterocycles. The Hall–Kier alpha value is -1.67. The molecule has 1 saturated heterocycles. The van der Waals surface area contributed by atoms with Gasteiger partial charge in [-0.15, -0.1) is 0 Å². The molecule has 8 heteroatoms. The van der Waals surface area contributed by atoms with Crippen LogP contribution in [0.2, 0.25) is 0 Å². The van der Waals surface area contributed by atoms with Crippen molar-refractivity contribution in [2.24, 2.45) is 0 Å². The monoisotopic (exact) mass is 316 g/mol. The van der Waals surface area contributed by atoms with Crippen molar-refractivity contribution in [2.45, 2.75) is 24.7 Å². The van der Waals surface area contributed by atoms with Gasteiger partial charge < -0.3 is 15.8 Å². The van der Waals surface area contributed by atoms with Crippen molar-refractivity contribution >= 4 is 27.1 Å². The summed E-state index contributed by atoms with van der Waals surface area (Å²) in [5, 5.41) is 1.53. The highest BCUT2D eigenvalue weighted by molar-refractivity contribution is 7.92. The number of nitrogens with one attached hydrogen (secondary N) is 1. The first kappa shape index (κ1) is 15.7. The summed E-state index contributed by atoms with van der Waals surface area (Å²) in [5.74, 6) is -2.18. The first-order chi connectivity index (χ1) is 9.79. The molecule has 0 aliphatic carbocycles. The molecule has 0 bridgehead atoms. The van der Waals surface area contributed by atoms with E-state index in [1.165, 1.54) is 12.1 Å². The van der Waals surface area contributed by atoms with Crippen molar-refractivity contribution in [2.75, 3.05) is 23.4 Å². The largest absolute Gasteiger partial charge is 0.399 e. The maximum absolute atomic E-state index is 13.5. The SMILES string of the molecule is CC1OCCC1S(=O)(=O)CC(=O)Nc1cc(N)ccc1F. The standard InChI is InChI=1S/C13H17FN2O4S/c1-8-12(4-5-20-8)21(18,19)7-13(17)16-11-6-9(15)2-3-10(11)14/h2-3,6,8,12H,4-5,7,15H2,1H3,(H,16,17). The zero-order chi connectivity index (χ0) is 15.6. The molecule has 0 spiro atoms. The number of sulfone groups is 1. The van der Waals surface area contributed by atoms with Gasteiger partial charge in [-0.05, 0) is 31.5 Å². The summed E-state index contributed by atoms with van der Waals surface area (Å²) in [5.41, 5.74) is 5.63. The van der Waals surface area contributed by atoms with Gasteiger partial charge in [0.1, 0.15) is 11.6 Å². The minimum absolute atomic E-state index is 0.133. The first-order valence-electron chi connectivity index (χ1n) is 6.47. The van der Waals surface area contributed by atoms with E-state index >= 15 is 0 Å². The van der Waals surface area contributed by atoms with Gasteiger partial charge in [-0.3, -0.25) is 4.79 Å². The highest BCUT2D eigenvalue weighted by atomic mass is 32.2. The molecule has 1 fully saturated rings. The topological polar surface area (TPSA) is 98.5 Å². The number of nitrogens with two attached hydrogens (primary N) is 1. The van der Waals surface area contributed by atoms with E-state index in [9.17, 15) is 17.6 Å². The maximum atomic E-state index is 13.5. The molecule has 0 radical (unpaired) electrons. The second-order valence-electron chi connectivity index (χ2n) is 5.00. The van der Waals surface area contributed by atoms with Gasteiger partial charge in [-0.1, -0.05) is 0 Å². The predicted octanol–water partition coefficient (Wildman–Crippen LogP) is 0.939. The van der Waals surface area contributed by atoms with Crippen LogP contribution in [0.15, 0.2) is 18.2 Å². The minimum Gasteiger partial charge on any atom is -0.399 e. The molecule has 6 nitrogen and oxygen atoms in total. The van der Waals surface area contributed by atoms with Crippen molar-refractivity contribution < 1.29 is 22.3 Å². The molecule has 1 aliphatic heterocycles. The molecule has 1 aromatic carbocycles. The molecule has 1 aliphatic rings. The van der Waals surface area contributed by atoms with Crippen LogP contribution in [-0.4, -0.2) is 38.0 Å². The van der Waals surface area contributed by atoms with Crippen molar-refractivity contribution in [1.82, 2.24) is 0 Å². The molecule has 0 saturated carbocycles. The molecule has 3 N–H and O–H groups in total. The molecule has 1 heterocycles. The Morgan fingerprint density at radius 2 is 2.24 bits per heavy atom. The third kappa shape index (κ3) is 3.70. The molecule has 1 aromatic rings. The van der Waals surface area contributed by atoms with Crippen LogP contribution in [0.4, 0.5) is 15.8 Å². The second kappa shape index (κ2) is 5.98. The smallest absolute Gasteiger partial charge is 0.239 e. The molecule has 2 unspecified atom stereocenters. The lowest BCUT2D eigenvalue weighted by molar-refractivity contribution is -0.113. The second-order valence-corrected chi connectivity index (χ2v) is 7.22. The average molecular weight is 316 g/mol. The number of ether oxygens (including phenoxy) is 1. The van der Waals surface area contributed by atoms with E-state index in [1.807, 2.05) is 0 Å². The van der Waals surface area contributed by atoms with Gasteiger partial charge in [0.15, 0.2) is 9.84 Å². The van der Waals surface area contributed by atoms with Gasteiger partial charge in [0.2, 0.25) is 5.91 Å². The summed E-state index contributed by atoms with van der Waals surface area (Å²) in [4.78, 5) is 11.8. The highest BCUT2D eigenvalue weighted by Gasteiger charge is 2.37. The molecule has 116 valence electrons. The van der Waals surface area contributed by atoms with Gasteiger partial charge >= 0.3 is 0 Å². The summed E-state index contributed by atoms with van der Waals surface area (Å²) < 4.78 is 43.0. The Morgan fingerprint density at radius 1 is 1.52 bits per heavy atom. The fraction of sp³-hybridized carbons (Fsp3) is 0.462. The Balaban J connectivity index is 2.06. The van der Waals surface area contributed by atoms with Crippen LogP contribution < -0.4 is 11.1 Å². The quantitative estimate of drug-likeness (QED) is 0.806. The zero-order valence-electron chi connectivity index (χ0n) is 11.5. The van der Waals surface area contributed by atoms with Crippen molar-refractivity contribution in [3.63, 3.8) is 0 Å². The highest BCUT2D eigenvalue weighted by Crippen LogP contribution is 2.22. The molecular formula is C13H17FN2O4S. The summed E-state index contributed by atoms with van der Waals surface area (Å²) in [6.45, 7) is 2.02. The van der Waals surface area contributed by atoms with E-state index in [4.69, 9.17) is 10.5 Å². The fourth-order valence-electron chi connectivity index (χ4n) is 2.30. The number of hydrogen-bond donors (Lipinski definition) is 2. The number of anilines is 2. The number of halogens is 1. The number of amides is 1. The van der Waals surface area contributed by atoms with E-state index in [1.54, 1.807) is 6.92 Å². The Labute approximate surface area is 122 Å².